The second kappa shape index (κ2) is 4.61. The summed E-state index contributed by atoms with van der Waals surface area (Å²) in [5, 5.41) is 0. The van der Waals surface area contributed by atoms with Gasteiger partial charge in [-0.3, -0.25) is 4.79 Å². The third kappa shape index (κ3) is 3.35. The number of hydrogen-bond donors (Lipinski definition) is 1. The van der Waals surface area contributed by atoms with Crippen molar-refractivity contribution in [2.24, 2.45) is 11.7 Å². The Bertz CT molecular complexity index is 152. The van der Waals surface area contributed by atoms with Gasteiger partial charge in [0.2, 0.25) is 0 Å². The molecule has 12 heavy (non-hydrogen) atoms. The second-order valence-corrected chi connectivity index (χ2v) is 3.85. The molecule has 1 aliphatic rings. The molecule has 2 heteroatoms. The van der Waals surface area contributed by atoms with Crippen molar-refractivity contribution in [2.75, 3.05) is 0 Å². The lowest BCUT2D eigenvalue weighted by Crippen LogP contribution is -2.25. The Kier molecular flexibility index (Phi) is 3.73. The number of hydrogen-bond acceptors (Lipinski definition) is 2. The first kappa shape index (κ1) is 9.72. The highest BCUT2D eigenvalue weighted by Crippen LogP contribution is 2.32. The molecule has 0 aliphatic heterocycles. The number of carbonyl (C=O) groups excluding carboxylic acids is 1. The molecule has 0 aromatic carbocycles. The van der Waals surface area contributed by atoms with Crippen LogP contribution in [0.4, 0.5) is 0 Å². The first-order chi connectivity index (χ1) is 5.74. The second-order valence-electron chi connectivity index (χ2n) is 3.85. The lowest BCUT2D eigenvalue weighted by Gasteiger charge is -2.07. The molecule has 0 radical (unpaired) electrons. The summed E-state index contributed by atoms with van der Waals surface area (Å²) in [6.45, 7) is 2.11. The smallest absolute Gasteiger partial charge is 0.134 e. The van der Waals surface area contributed by atoms with Crippen LogP contribution in [0, 0.1) is 5.92 Å². The number of unbranched alkanes of at least 4 members (excludes halogenated alkanes) is 1. The summed E-state index contributed by atoms with van der Waals surface area (Å²) in [4.78, 5) is 11.3. The zero-order valence-electron chi connectivity index (χ0n) is 7.88. The van der Waals surface area contributed by atoms with E-state index in [-0.39, 0.29) is 6.04 Å². The quantitative estimate of drug-likeness (QED) is 0.659. The molecule has 0 amide bonds. The highest BCUT2D eigenvalue weighted by Gasteiger charge is 2.29. The summed E-state index contributed by atoms with van der Waals surface area (Å²) in [7, 11) is 0. The minimum atomic E-state index is 0.161. The Hall–Kier alpha value is -0.370. The molecular formula is C10H19NO. The van der Waals surface area contributed by atoms with Gasteiger partial charge in [0, 0.05) is 18.9 Å². The van der Waals surface area contributed by atoms with Crippen LogP contribution in [0.3, 0.4) is 0 Å². The molecule has 0 bridgehead atoms. The number of nitrogens with two attached hydrogens (primary N) is 1. The molecule has 0 heterocycles. The van der Waals surface area contributed by atoms with E-state index in [0.717, 1.165) is 19.3 Å². The summed E-state index contributed by atoms with van der Waals surface area (Å²) >= 11 is 0. The van der Waals surface area contributed by atoms with Crippen LogP contribution in [0.25, 0.3) is 0 Å². The zero-order chi connectivity index (χ0) is 8.97. The van der Waals surface area contributed by atoms with Gasteiger partial charge in [0.25, 0.3) is 0 Å². The van der Waals surface area contributed by atoms with E-state index in [4.69, 9.17) is 5.73 Å². The lowest BCUT2D eigenvalue weighted by atomic mass is 10.0. The Morgan fingerprint density at radius 3 is 2.75 bits per heavy atom. The molecule has 1 rings (SSSR count). The van der Waals surface area contributed by atoms with Crippen molar-refractivity contribution < 1.29 is 4.79 Å². The first-order valence-corrected chi connectivity index (χ1v) is 5.01. The van der Waals surface area contributed by atoms with E-state index in [1.807, 2.05) is 0 Å². The standard InChI is InChI=1S/C10H19NO/c1-2-3-4-9(12)7-10(11)8-5-6-8/h8,10H,2-7,11H2,1H3. The fourth-order valence-electron chi connectivity index (χ4n) is 1.43. The largest absolute Gasteiger partial charge is 0.327 e. The molecule has 0 aromatic heterocycles. The molecule has 2 nitrogen and oxygen atoms in total. The fraction of sp³-hybridized carbons (Fsp3) is 0.900. The van der Waals surface area contributed by atoms with Crippen LogP contribution >= 0.6 is 0 Å². The van der Waals surface area contributed by atoms with Crippen LogP contribution in [-0.4, -0.2) is 11.8 Å². The van der Waals surface area contributed by atoms with E-state index in [2.05, 4.69) is 6.92 Å². The van der Waals surface area contributed by atoms with Gasteiger partial charge in [-0.25, -0.2) is 0 Å². The Balaban J connectivity index is 2.07. The fourth-order valence-corrected chi connectivity index (χ4v) is 1.43. The normalized spacial score (nSPS) is 19.2. The van der Waals surface area contributed by atoms with Gasteiger partial charge in [-0.2, -0.15) is 0 Å². The maximum absolute atomic E-state index is 11.3. The van der Waals surface area contributed by atoms with Crippen molar-refractivity contribution in [3.63, 3.8) is 0 Å². The van der Waals surface area contributed by atoms with E-state index >= 15 is 0 Å². The highest BCUT2D eigenvalue weighted by molar-refractivity contribution is 5.79. The van der Waals surface area contributed by atoms with E-state index in [1.165, 1.54) is 12.8 Å². The molecule has 0 spiro atoms. The van der Waals surface area contributed by atoms with Gasteiger partial charge in [0.05, 0.1) is 0 Å². The molecule has 2 N–H and O–H groups in total. The van der Waals surface area contributed by atoms with Crippen LogP contribution in [-0.2, 0) is 4.79 Å². The van der Waals surface area contributed by atoms with Crippen LogP contribution in [0.15, 0.2) is 0 Å². The van der Waals surface area contributed by atoms with Crippen molar-refractivity contribution in [3.8, 4) is 0 Å². The minimum Gasteiger partial charge on any atom is -0.327 e. The predicted octanol–water partition coefficient (Wildman–Crippen LogP) is 1.87. The average molecular weight is 169 g/mol. The van der Waals surface area contributed by atoms with Gasteiger partial charge in [-0.15, -0.1) is 0 Å². The first-order valence-electron chi connectivity index (χ1n) is 5.01. The molecule has 1 saturated carbocycles. The van der Waals surface area contributed by atoms with Crippen molar-refractivity contribution in [3.05, 3.63) is 0 Å². The van der Waals surface area contributed by atoms with Crippen molar-refractivity contribution in [2.45, 2.75) is 51.5 Å². The Morgan fingerprint density at radius 1 is 1.58 bits per heavy atom. The van der Waals surface area contributed by atoms with E-state index in [9.17, 15) is 4.79 Å². The summed E-state index contributed by atoms with van der Waals surface area (Å²) in [6, 6.07) is 0.161. The predicted molar refractivity (Wildman–Crippen MR) is 49.8 cm³/mol. The van der Waals surface area contributed by atoms with Gasteiger partial charge in [-0.05, 0) is 25.2 Å². The SMILES string of the molecule is CCCCC(=O)CC(N)C1CC1. The van der Waals surface area contributed by atoms with Crippen molar-refractivity contribution in [1.82, 2.24) is 0 Å². The van der Waals surface area contributed by atoms with E-state index < -0.39 is 0 Å². The Morgan fingerprint density at radius 2 is 2.25 bits per heavy atom. The van der Waals surface area contributed by atoms with Crippen LogP contribution in [0.1, 0.15) is 45.4 Å². The van der Waals surface area contributed by atoms with Gasteiger partial charge in [0.1, 0.15) is 5.78 Å². The van der Waals surface area contributed by atoms with Crippen LogP contribution in [0.2, 0.25) is 0 Å². The van der Waals surface area contributed by atoms with Crippen molar-refractivity contribution >= 4 is 5.78 Å². The monoisotopic (exact) mass is 169 g/mol. The highest BCUT2D eigenvalue weighted by atomic mass is 16.1. The molecule has 1 unspecified atom stereocenters. The van der Waals surface area contributed by atoms with E-state index in [0.29, 0.717) is 18.1 Å². The number of ketones is 1. The molecule has 0 aromatic rings. The van der Waals surface area contributed by atoms with Gasteiger partial charge < -0.3 is 5.73 Å². The summed E-state index contributed by atoms with van der Waals surface area (Å²) < 4.78 is 0. The number of rotatable bonds is 6. The molecule has 1 aliphatic carbocycles. The summed E-state index contributed by atoms with van der Waals surface area (Å²) in [5.41, 5.74) is 5.83. The van der Waals surface area contributed by atoms with Gasteiger partial charge in [-0.1, -0.05) is 13.3 Å². The molecule has 1 atom stereocenters. The number of carbonyl (C=O) groups is 1. The number of Topliss-reactive ketones (excluding diaryl/α,β-unsaturated/α-hetero) is 1. The summed E-state index contributed by atoms with van der Waals surface area (Å²) in [5.74, 6) is 1.02. The molecule has 0 saturated heterocycles. The van der Waals surface area contributed by atoms with Gasteiger partial charge >= 0.3 is 0 Å². The maximum atomic E-state index is 11.3. The summed E-state index contributed by atoms with van der Waals surface area (Å²) in [6.07, 6.45) is 5.95. The third-order valence-corrected chi connectivity index (χ3v) is 2.50. The molecular weight excluding hydrogens is 150 g/mol. The average Bonchev–Trinajstić information content (AvgIpc) is 2.82. The Labute approximate surface area is 74.5 Å². The third-order valence-electron chi connectivity index (χ3n) is 2.50. The molecule has 70 valence electrons. The lowest BCUT2D eigenvalue weighted by molar-refractivity contribution is -0.119. The van der Waals surface area contributed by atoms with Crippen LogP contribution < -0.4 is 5.73 Å². The van der Waals surface area contributed by atoms with Crippen LogP contribution in [0.5, 0.6) is 0 Å². The van der Waals surface area contributed by atoms with Crippen molar-refractivity contribution in [1.29, 1.82) is 0 Å². The minimum absolute atomic E-state index is 0.161. The van der Waals surface area contributed by atoms with E-state index in [1.54, 1.807) is 0 Å². The molecule has 1 fully saturated rings. The maximum Gasteiger partial charge on any atom is 0.134 e. The zero-order valence-corrected chi connectivity index (χ0v) is 7.88. The topological polar surface area (TPSA) is 43.1 Å². The van der Waals surface area contributed by atoms with Gasteiger partial charge in [0.15, 0.2) is 0 Å².